The first-order valence-corrected chi connectivity index (χ1v) is 8.50. The number of nitrogens with zero attached hydrogens (tertiary/aromatic N) is 1. The number of nitrogens with one attached hydrogen (secondary N) is 2. The van der Waals surface area contributed by atoms with Crippen molar-refractivity contribution in [1.82, 2.24) is 10.2 Å². The standard InChI is InChI=1S/C18H25N3O2/c1-18(9-4-10-19-13-18)17(23)20-15-7-5-14(6-8-15)16(22)21-11-2-3-12-21/h5-8,19H,2-4,9-13H2,1H3,(H,20,23). The molecule has 1 unspecified atom stereocenters. The molecule has 0 radical (unpaired) electrons. The van der Waals surface area contributed by atoms with Crippen LogP contribution in [0.25, 0.3) is 0 Å². The molecular weight excluding hydrogens is 290 g/mol. The third-order valence-electron chi connectivity index (χ3n) is 4.93. The highest BCUT2D eigenvalue weighted by atomic mass is 16.2. The maximum absolute atomic E-state index is 12.5. The molecule has 2 fully saturated rings. The summed E-state index contributed by atoms with van der Waals surface area (Å²) in [4.78, 5) is 26.7. The number of rotatable bonds is 3. The fraction of sp³-hybridized carbons (Fsp3) is 0.556. The fourth-order valence-corrected chi connectivity index (χ4v) is 3.33. The van der Waals surface area contributed by atoms with Crippen LogP contribution >= 0.6 is 0 Å². The van der Waals surface area contributed by atoms with Crippen LogP contribution in [0.4, 0.5) is 5.69 Å². The van der Waals surface area contributed by atoms with Crippen molar-refractivity contribution in [2.75, 3.05) is 31.5 Å². The average Bonchev–Trinajstić information content (AvgIpc) is 3.10. The van der Waals surface area contributed by atoms with Crippen molar-refractivity contribution in [2.24, 2.45) is 5.41 Å². The lowest BCUT2D eigenvalue weighted by Gasteiger charge is -2.32. The Morgan fingerprint density at radius 2 is 1.83 bits per heavy atom. The summed E-state index contributed by atoms with van der Waals surface area (Å²) in [7, 11) is 0. The zero-order valence-corrected chi connectivity index (χ0v) is 13.7. The van der Waals surface area contributed by atoms with Gasteiger partial charge in [-0.05, 0) is 63.4 Å². The quantitative estimate of drug-likeness (QED) is 0.899. The number of piperidine rings is 1. The molecule has 0 bridgehead atoms. The lowest BCUT2D eigenvalue weighted by molar-refractivity contribution is -0.125. The van der Waals surface area contributed by atoms with Crippen LogP contribution in [-0.4, -0.2) is 42.9 Å². The van der Waals surface area contributed by atoms with Crippen LogP contribution in [0.3, 0.4) is 0 Å². The van der Waals surface area contributed by atoms with Gasteiger partial charge in [0.15, 0.2) is 0 Å². The summed E-state index contributed by atoms with van der Waals surface area (Å²) in [5.41, 5.74) is 1.08. The minimum atomic E-state index is -0.359. The SMILES string of the molecule is CC1(C(=O)Nc2ccc(C(=O)N3CCCC3)cc2)CCCNC1. The number of anilines is 1. The van der Waals surface area contributed by atoms with Crippen LogP contribution < -0.4 is 10.6 Å². The molecule has 0 aromatic heterocycles. The second-order valence-corrected chi connectivity index (χ2v) is 6.87. The Morgan fingerprint density at radius 3 is 2.43 bits per heavy atom. The van der Waals surface area contributed by atoms with Crippen LogP contribution in [0.5, 0.6) is 0 Å². The molecule has 0 aliphatic carbocycles. The number of carbonyl (C=O) groups is 2. The largest absolute Gasteiger partial charge is 0.339 e. The van der Waals surface area contributed by atoms with Crippen molar-refractivity contribution in [1.29, 1.82) is 0 Å². The Morgan fingerprint density at radius 1 is 1.13 bits per heavy atom. The highest BCUT2D eigenvalue weighted by molar-refractivity contribution is 5.97. The molecule has 2 aliphatic heterocycles. The molecule has 124 valence electrons. The van der Waals surface area contributed by atoms with Gasteiger partial charge in [-0.3, -0.25) is 9.59 Å². The van der Waals surface area contributed by atoms with E-state index in [0.29, 0.717) is 12.1 Å². The summed E-state index contributed by atoms with van der Waals surface area (Å²) in [5.74, 6) is 0.132. The van der Waals surface area contributed by atoms with Crippen LogP contribution in [-0.2, 0) is 4.79 Å². The van der Waals surface area contributed by atoms with Gasteiger partial charge in [-0.15, -0.1) is 0 Å². The van der Waals surface area contributed by atoms with E-state index in [1.165, 1.54) is 0 Å². The predicted molar refractivity (Wildman–Crippen MR) is 90.4 cm³/mol. The first-order valence-electron chi connectivity index (χ1n) is 8.50. The topological polar surface area (TPSA) is 61.4 Å². The molecule has 2 heterocycles. The lowest BCUT2D eigenvalue weighted by Crippen LogP contribution is -2.46. The Labute approximate surface area is 137 Å². The Hall–Kier alpha value is -1.88. The summed E-state index contributed by atoms with van der Waals surface area (Å²) in [6, 6.07) is 7.25. The highest BCUT2D eigenvalue weighted by Gasteiger charge is 2.34. The number of likely N-dealkylation sites (tertiary alicyclic amines) is 1. The normalized spacial score (nSPS) is 24.5. The van der Waals surface area contributed by atoms with E-state index in [1.54, 1.807) is 12.1 Å². The molecule has 5 nitrogen and oxygen atoms in total. The number of hydrogen-bond acceptors (Lipinski definition) is 3. The van der Waals surface area contributed by atoms with Crippen LogP contribution in [0.15, 0.2) is 24.3 Å². The van der Waals surface area contributed by atoms with Crippen molar-refractivity contribution in [3.8, 4) is 0 Å². The number of benzene rings is 1. The summed E-state index contributed by atoms with van der Waals surface area (Å²) >= 11 is 0. The molecule has 3 rings (SSSR count). The van der Waals surface area contributed by atoms with Gasteiger partial charge >= 0.3 is 0 Å². The first kappa shape index (κ1) is 16.0. The Kier molecular flexibility index (Phi) is 4.66. The van der Waals surface area contributed by atoms with Crippen LogP contribution in [0.2, 0.25) is 0 Å². The molecule has 2 N–H and O–H groups in total. The van der Waals surface area contributed by atoms with Gasteiger partial charge in [-0.1, -0.05) is 0 Å². The summed E-state index contributed by atoms with van der Waals surface area (Å²) in [6.45, 7) is 5.39. The molecule has 2 amide bonds. The third-order valence-corrected chi connectivity index (χ3v) is 4.93. The van der Waals surface area contributed by atoms with Gasteiger partial charge in [0.2, 0.25) is 5.91 Å². The second-order valence-electron chi connectivity index (χ2n) is 6.87. The molecular formula is C18H25N3O2. The minimum absolute atomic E-state index is 0.0447. The zero-order valence-electron chi connectivity index (χ0n) is 13.7. The minimum Gasteiger partial charge on any atom is -0.339 e. The van der Waals surface area contributed by atoms with E-state index in [1.807, 2.05) is 24.0 Å². The Balaban J connectivity index is 1.63. The fourth-order valence-electron chi connectivity index (χ4n) is 3.33. The number of carbonyl (C=O) groups excluding carboxylic acids is 2. The molecule has 1 aromatic rings. The monoisotopic (exact) mass is 315 g/mol. The molecule has 2 saturated heterocycles. The van der Waals surface area contributed by atoms with Crippen molar-refractivity contribution in [2.45, 2.75) is 32.6 Å². The van der Waals surface area contributed by atoms with E-state index in [0.717, 1.165) is 51.0 Å². The summed E-state index contributed by atoms with van der Waals surface area (Å²) < 4.78 is 0. The smallest absolute Gasteiger partial charge is 0.253 e. The van der Waals surface area contributed by atoms with Crippen molar-refractivity contribution >= 4 is 17.5 Å². The third kappa shape index (κ3) is 3.55. The molecule has 23 heavy (non-hydrogen) atoms. The maximum Gasteiger partial charge on any atom is 0.253 e. The van der Waals surface area contributed by atoms with Gasteiger partial charge in [-0.2, -0.15) is 0 Å². The van der Waals surface area contributed by atoms with Crippen molar-refractivity contribution in [3.63, 3.8) is 0 Å². The zero-order chi connectivity index (χ0) is 16.3. The van der Waals surface area contributed by atoms with E-state index in [9.17, 15) is 9.59 Å². The van der Waals surface area contributed by atoms with E-state index in [-0.39, 0.29) is 17.2 Å². The van der Waals surface area contributed by atoms with E-state index < -0.39 is 0 Å². The molecule has 0 saturated carbocycles. The highest BCUT2D eigenvalue weighted by Crippen LogP contribution is 2.27. The number of amides is 2. The molecule has 1 atom stereocenters. The van der Waals surface area contributed by atoms with Gasteiger partial charge in [0, 0.05) is 30.9 Å². The van der Waals surface area contributed by atoms with Gasteiger partial charge in [0.25, 0.3) is 5.91 Å². The first-order chi connectivity index (χ1) is 11.1. The van der Waals surface area contributed by atoms with Crippen molar-refractivity contribution < 1.29 is 9.59 Å². The summed E-state index contributed by atoms with van der Waals surface area (Å²) in [5, 5.41) is 6.27. The van der Waals surface area contributed by atoms with Gasteiger partial charge in [-0.25, -0.2) is 0 Å². The molecule has 5 heteroatoms. The molecule has 0 spiro atoms. The van der Waals surface area contributed by atoms with Crippen molar-refractivity contribution in [3.05, 3.63) is 29.8 Å². The van der Waals surface area contributed by atoms with Gasteiger partial charge < -0.3 is 15.5 Å². The number of hydrogen-bond donors (Lipinski definition) is 2. The lowest BCUT2D eigenvalue weighted by atomic mass is 9.82. The van der Waals surface area contributed by atoms with E-state index in [4.69, 9.17) is 0 Å². The maximum atomic E-state index is 12.5. The van der Waals surface area contributed by atoms with Gasteiger partial charge in [0.1, 0.15) is 0 Å². The van der Waals surface area contributed by atoms with E-state index in [2.05, 4.69) is 10.6 Å². The predicted octanol–water partition coefficient (Wildman–Crippen LogP) is 2.25. The van der Waals surface area contributed by atoms with Gasteiger partial charge in [0.05, 0.1) is 5.41 Å². The summed E-state index contributed by atoms with van der Waals surface area (Å²) in [6.07, 6.45) is 4.10. The van der Waals surface area contributed by atoms with Crippen LogP contribution in [0, 0.1) is 5.41 Å². The Bertz CT molecular complexity index is 570. The molecule has 2 aliphatic rings. The van der Waals surface area contributed by atoms with Crippen LogP contribution in [0.1, 0.15) is 43.0 Å². The second kappa shape index (κ2) is 6.71. The molecule has 1 aromatic carbocycles. The van der Waals surface area contributed by atoms with E-state index >= 15 is 0 Å². The average molecular weight is 315 g/mol.